The second-order valence-corrected chi connectivity index (χ2v) is 7.35. The molecule has 2 N–H and O–H groups in total. The molecule has 0 heterocycles. The summed E-state index contributed by atoms with van der Waals surface area (Å²) in [5.41, 5.74) is 0. The lowest BCUT2D eigenvalue weighted by Crippen LogP contribution is -2.23. The molecule has 2 rings (SSSR count). The maximum atomic E-state index is 11.2. The number of ketones is 2. The maximum Gasteiger partial charge on any atom is 0.138 e. The fourth-order valence-electron chi connectivity index (χ4n) is 3.73. The van der Waals surface area contributed by atoms with E-state index in [0.29, 0.717) is 12.8 Å². The minimum Gasteiger partial charge on any atom is -0.392 e. The molecule has 0 spiro atoms. The summed E-state index contributed by atoms with van der Waals surface area (Å²) in [5, 5.41) is 19.3. The highest BCUT2D eigenvalue weighted by atomic mass is 16.3. The molecule has 0 aliphatic heterocycles. The van der Waals surface area contributed by atoms with Gasteiger partial charge in [0.05, 0.1) is 12.2 Å². The molecule has 4 heteroatoms. The zero-order chi connectivity index (χ0) is 17.9. The summed E-state index contributed by atoms with van der Waals surface area (Å²) in [6, 6.07) is 0. The van der Waals surface area contributed by atoms with Crippen LogP contribution in [0.15, 0.2) is 0 Å². The summed E-state index contributed by atoms with van der Waals surface area (Å²) in [5.74, 6) is 0.491. The molecule has 0 bridgehead atoms. The normalized spacial score (nSPS) is 26.2. The molecule has 0 amide bonds. The molecule has 4 atom stereocenters. The van der Waals surface area contributed by atoms with Crippen molar-refractivity contribution in [3.05, 3.63) is 0 Å². The van der Waals surface area contributed by atoms with Crippen LogP contribution in [-0.2, 0) is 9.59 Å². The van der Waals surface area contributed by atoms with Crippen LogP contribution in [0.5, 0.6) is 0 Å². The van der Waals surface area contributed by atoms with Gasteiger partial charge in [-0.25, -0.2) is 0 Å². The van der Waals surface area contributed by atoms with Crippen LogP contribution in [0.4, 0.5) is 0 Å². The van der Waals surface area contributed by atoms with E-state index in [0.717, 1.165) is 64.2 Å². The second-order valence-electron chi connectivity index (χ2n) is 7.35. The Hall–Kier alpha value is -0.740. The molecule has 2 aliphatic carbocycles. The number of carbonyl (C=O) groups excluding carboxylic acids is 2. The van der Waals surface area contributed by atoms with Gasteiger partial charge in [0.25, 0.3) is 0 Å². The molecule has 0 saturated heterocycles. The average Bonchev–Trinajstić information content (AvgIpc) is 3.19. The Kier molecular flexibility index (Phi) is 10.4. The molecule has 4 nitrogen and oxygen atoms in total. The lowest BCUT2D eigenvalue weighted by molar-refractivity contribution is -0.124. The predicted molar refractivity (Wildman–Crippen MR) is 95.8 cm³/mol. The molecule has 140 valence electrons. The first kappa shape index (κ1) is 21.3. The molecule has 2 aliphatic rings. The van der Waals surface area contributed by atoms with E-state index in [1.807, 2.05) is 0 Å². The molecule has 0 aromatic heterocycles. The molecular formula is C20H36O4. The first-order chi connectivity index (χ1) is 11.5. The number of aliphatic hydroxyl groups excluding tert-OH is 2. The molecule has 2 fully saturated rings. The van der Waals surface area contributed by atoms with Gasteiger partial charge in [-0.05, 0) is 38.5 Å². The summed E-state index contributed by atoms with van der Waals surface area (Å²) in [6.45, 7) is 4.20. The fraction of sp³-hybridized carbons (Fsp3) is 0.900. The van der Waals surface area contributed by atoms with Crippen LogP contribution in [0.25, 0.3) is 0 Å². The van der Waals surface area contributed by atoms with Gasteiger partial charge in [-0.3, -0.25) is 9.59 Å². The summed E-state index contributed by atoms with van der Waals surface area (Å²) < 4.78 is 0. The number of rotatable bonds is 8. The first-order valence-corrected chi connectivity index (χ1v) is 9.92. The minimum absolute atomic E-state index is 0.0310. The van der Waals surface area contributed by atoms with Crippen molar-refractivity contribution in [1.82, 2.24) is 0 Å². The Bertz CT molecular complexity index is 344. The molecule has 4 unspecified atom stereocenters. The van der Waals surface area contributed by atoms with E-state index in [1.54, 1.807) is 0 Å². The van der Waals surface area contributed by atoms with Gasteiger partial charge in [-0.1, -0.05) is 39.5 Å². The Morgan fingerprint density at radius 2 is 1.21 bits per heavy atom. The molecule has 0 aromatic carbocycles. The van der Waals surface area contributed by atoms with Gasteiger partial charge in [-0.15, -0.1) is 0 Å². The quantitative estimate of drug-likeness (QED) is 0.704. The number of hydrogen-bond donors (Lipinski definition) is 2. The summed E-state index contributed by atoms with van der Waals surface area (Å²) >= 11 is 0. The van der Waals surface area contributed by atoms with Crippen LogP contribution < -0.4 is 0 Å². The van der Waals surface area contributed by atoms with Crippen molar-refractivity contribution >= 4 is 11.6 Å². The second kappa shape index (κ2) is 11.8. The van der Waals surface area contributed by atoms with Crippen molar-refractivity contribution in [1.29, 1.82) is 0 Å². The monoisotopic (exact) mass is 340 g/mol. The third-order valence-corrected chi connectivity index (χ3v) is 5.34. The summed E-state index contributed by atoms with van der Waals surface area (Å²) in [6.07, 6.45) is 10.3. The predicted octanol–water partition coefficient (Wildman–Crippen LogP) is 3.81. The van der Waals surface area contributed by atoms with E-state index in [-0.39, 0.29) is 35.6 Å². The smallest absolute Gasteiger partial charge is 0.138 e. The maximum absolute atomic E-state index is 11.2. The van der Waals surface area contributed by atoms with E-state index >= 15 is 0 Å². The van der Waals surface area contributed by atoms with Crippen molar-refractivity contribution in [2.75, 3.05) is 0 Å². The Labute approximate surface area is 147 Å². The van der Waals surface area contributed by atoms with E-state index < -0.39 is 0 Å². The van der Waals surface area contributed by atoms with E-state index in [2.05, 4.69) is 13.8 Å². The van der Waals surface area contributed by atoms with Crippen molar-refractivity contribution < 1.29 is 19.8 Å². The number of Topliss-reactive ketones (excluding diaryl/α,β-unsaturated/α-hetero) is 2. The van der Waals surface area contributed by atoms with Crippen LogP contribution in [0.1, 0.15) is 90.9 Å². The zero-order valence-corrected chi connectivity index (χ0v) is 15.5. The Morgan fingerprint density at radius 3 is 1.46 bits per heavy atom. The topological polar surface area (TPSA) is 74.6 Å². The molecular weight excluding hydrogens is 304 g/mol. The number of hydrogen-bond acceptors (Lipinski definition) is 4. The lowest BCUT2D eigenvalue weighted by Gasteiger charge is -2.15. The summed E-state index contributed by atoms with van der Waals surface area (Å²) in [7, 11) is 0. The van der Waals surface area contributed by atoms with Crippen molar-refractivity contribution in [3.8, 4) is 0 Å². The minimum atomic E-state index is -0.361. The van der Waals surface area contributed by atoms with Gasteiger partial charge < -0.3 is 10.2 Å². The van der Waals surface area contributed by atoms with Gasteiger partial charge in [0.2, 0.25) is 0 Å². The van der Waals surface area contributed by atoms with E-state index in [1.165, 1.54) is 0 Å². The van der Waals surface area contributed by atoms with Crippen LogP contribution >= 0.6 is 0 Å². The van der Waals surface area contributed by atoms with Crippen molar-refractivity contribution in [3.63, 3.8) is 0 Å². The molecule has 0 aromatic rings. The highest BCUT2D eigenvalue weighted by molar-refractivity contribution is 5.83. The van der Waals surface area contributed by atoms with Crippen LogP contribution in [-0.4, -0.2) is 34.0 Å². The molecule has 2 saturated carbocycles. The largest absolute Gasteiger partial charge is 0.392 e. The number of carbonyl (C=O) groups is 2. The van der Waals surface area contributed by atoms with Gasteiger partial charge in [0.1, 0.15) is 11.6 Å². The van der Waals surface area contributed by atoms with Crippen molar-refractivity contribution in [2.45, 2.75) is 103 Å². The third-order valence-electron chi connectivity index (χ3n) is 5.34. The average molecular weight is 341 g/mol. The SMILES string of the molecule is CCCCC(O)C1CCCC1=O.CCCCC(O)C1CCCC1=O. The number of unbranched alkanes of at least 4 members (excludes halogenated alkanes) is 2. The third kappa shape index (κ3) is 7.02. The van der Waals surface area contributed by atoms with Gasteiger partial charge >= 0.3 is 0 Å². The first-order valence-electron chi connectivity index (χ1n) is 9.92. The number of aliphatic hydroxyl groups is 2. The zero-order valence-electron chi connectivity index (χ0n) is 15.5. The lowest BCUT2D eigenvalue weighted by atomic mass is 9.96. The summed E-state index contributed by atoms with van der Waals surface area (Å²) in [4.78, 5) is 22.4. The van der Waals surface area contributed by atoms with E-state index in [4.69, 9.17) is 0 Å². The van der Waals surface area contributed by atoms with Gasteiger partial charge in [-0.2, -0.15) is 0 Å². The Morgan fingerprint density at radius 1 is 0.833 bits per heavy atom. The molecule has 24 heavy (non-hydrogen) atoms. The van der Waals surface area contributed by atoms with Crippen LogP contribution in [0.2, 0.25) is 0 Å². The van der Waals surface area contributed by atoms with Gasteiger partial charge in [0.15, 0.2) is 0 Å². The molecule has 0 radical (unpaired) electrons. The standard InChI is InChI=1S/2C10H18O2/c2*1-2-3-6-9(11)8-5-4-7-10(8)12/h2*8-9,11H,2-7H2,1H3. The van der Waals surface area contributed by atoms with Crippen LogP contribution in [0, 0.1) is 11.8 Å². The van der Waals surface area contributed by atoms with Gasteiger partial charge in [0, 0.05) is 24.7 Å². The highest BCUT2D eigenvalue weighted by Crippen LogP contribution is 2.27. The van der Waals surface area contributed by atoms with Crippen LogP contribution in [0.3, 0.4) is 0 Å². The fourth-order valence-corrected chi connectivity index (χ4v) is 3.73. The Balaban J connectivity index is 0.000000240. The highest BCUT2D eigenvalue weighted by Gasteiger charge is 2.30. The van der Waals surface area contributed by atoms with Crippen molar-refractivity contribution in [2.24, 2.45) is 11.8 Å². The van der Waals surface area contributed by atoms with E-state index in [9.17, 15) is 19.8 Å².